The van der Waals surface area contributed by atoms with Gasteiger partial charge in [-0.15, -0.1) is 11.6 Å². The summed E-state index contributed by atoms with van der Waals surface area (Å²) in [5.74, 6) is 0.309. The molecule has 0 fully saturated rings. The summed E-state index contributed by atoms with van der Waals surface area (Å²) in [6.45, 7) is 0. The fourth-order valence-corrected chi connectivity index (χ4v) is 3.84. The highest BCUT2D eigenvalue weighted by atomic mass is 35.5. The molecule has 0 unspecified atom stereocenters. The number of halogens is 1. The van der Waals surface area contributed by atoms with E-state index in [2.05, 4.69) is 10.3 Å². The lowest BCUT2D eigenvalue weighted by molar-refractivity contribution is -0.116. The van der Waals surface area contributed by atoms with E-state index in [9.17, 15) is 9.59 Å². The zero-order chi connectivity index (χ0) is 20.0. The summed E-state index contributed by atoms with van der Waals surface area (Å²) in [6, 6.07) is 15.1. The standard InChI is InChI=1S/C22H17ClN4O2/c23-10-3-6-19(28)24-13-7-8-18-16(12-13)22(29)27-11-9-15-14-4-1-2-5-17(14)25-20(15)21(27)26-18/h1-2,4-5,7-9,11-12,25H,3,6,10H2,(H,24,28). The zero-order valence-corrected chi connectivity index (χ0v) is 16.2. The third-order valence-corrected chi connectivity index (χ3v) is 5.35. The Bertz CT molecular complexity index is 1470. The Kier molecular flexibility index (Phi) is 4.21. The van der Waals surface area contributed by atoms with Gasteiger partial charge in [0.05, 0.1) is 16.4 Å². The number of H-pyrrole nitrogens is 1. The van der Waals surface area contributed by atoms with Gasteiger partial charge < -0.3 is 10.3 Å². The number of hydrogen-bond acceptors (Lipinski definition) is 3. The molecule has 0 aliphatic heterocycles. The molecule has 0 saturated heterocycles. The van der Waals surface area contributed by atoms with Crippen molar-refractivity contribution in [3.63, 3.8) is 0 Å². The molecule has 5 rings (SSSR count). The maximum absolute atomic E-state index is 13.1. The van der Waals surface area contributed by atoms with Crippen LogP contribution in [0.3, 0.4) is 0 Å². The monoisotopic (exact) mass is 404 g/mol. The van der Waals surface area contributed by atoms with Crippen LogP contribution in [-0.4, -0.2) is 26.2 Å². The molecule has 0 radical (unpaired) electrons. The third kappa shape index (κ3) is 2.93. The number of carbonyl (C=O) groups excluding carboxylic acids is 1. The third-order valence-electron chi connectivity index (χ3n) is 5.08. The van der Waals surface area contributed by atoms with Gasteiger partial charge >= 0.3 is 0 Å². The molecule has 2 aromatic carbocycles. The molecule has 2 N–H and O–H groups in total. The highest BCUT2D eigenvalue weighted by molar-refractivity contribution is 6.18. The normalized spacial score (nSPS) is 11.6. The summed E-state index contributed by atoms with van der Waals surface area (Å²) in [5.41, 5.74) is 3.38. The molecule has 0 aliphatic rings. The number of aromatic nitrogens is 3. The summed E-state index contributed by atoms with van der Waals surface area (Å²) in [6.07, 6.45) is 2.70. The topological polar surface area (TPSA) is 79.3 Å². The Morgan fingerprint density at radius 1 is 1.10 bits per heavy atom. The Labute approximate surface area is 170 Å². The lowest BCUT2D eigenvalue weighted by Crippen LogP contribution is -2.16. The number of nitrogens with zero attached hydrogens (tertiary/aromatic N) is 2. The van der Waals surface area contributed by atoms with Crippen LogP contribution in [0, 0.1) is 0 Å². The second kappa shape index (κ2) is 6.90. The highest BCUT2D eigenvalue weighted by Crippen LogP contribution is 2.27. The first-order chi connectivity index (χ1) is 14.2. The van der Waals surface area contributed by atoms with E-state index in [0.29, 0.717) is 41.0 Å². The van der Waals surface area contributed by atoms with Crippen molar-refractivity contribution in [2.24, 2.45) is 0 Å². The molecule has 0 atom stereocenters. The van der Waals surface area contributed by atoms with Crippen LogP contribution in [0.2, 0.25) is 0 Å². The lowest BCUT2D eigenvalue weighted by atomic mass is 10.1. The van der Waals surface area contributed by atoms with E-state index in [1.807, 2.05) is 30.3 Å². The number of nitrogens with one attached hydrogen (secondary N) is 2. The maximum Gasteiger partial charge on any atom is 0.265 e. The number of benzene rings is 2. The number of anilines is 1. The van der Waals surface area contributed by atoms with Crippen molar-refractivity contribution < 1.29 is 4.79 Å². The number of carbonyl (C=O) groups is 1. The van der Waals surface area contributed by atoms with Crippen LogP contribution in [0.1, 0.15) is 12.8 Å². The van der Waals surface area contributed by atoms with Crippen molar-refractivity contribution in [2.45, 2.75) is 12.8 Å². The van der Waals surface area contributed by atoms with Gasteiger partial charge in [0.1, 0.15) is 0 Å². The molecular weight excluding hydrogens is 388 g/mol. The largest absolute Gasteiger partial charge is 0.351 e. The van der Waals surface area contributed by atoms with Crippen molar-refractivity contribution in [1.29, 1.82) is 0 Å². The minimum atomic E-state index is -0.178. The van der Waals surface area contributed by atoms with Gasteiger partial charge in [-0.1, -0.05) is 18.2 Å². The molecule has 0 bridgehead atoms. The van der Waals surface area contributed by atoms with Gasteiger partial charge in [-0.3, -0.25) is 14.0 Å². The van der Waals surface area contributed by atoms with E-state index >= 15 is 0 Å². The van der Waals surface area contributed by atoms with E-state index in [-0.39, 0.29) is 11.5 Å². The number of para-hydroxylation sites is 1. The Morgan fingerprint density at radius 3 is 2.83 bits per heavy atom. The van der Waals surface area contributed by atoms with Crippen LogP contribution in [0.15, 0.2) is 59.5 Å². The van der Waals surface area contributed by atoms with E-state index in [0.717, 1.165) is 21.8 Å². The Balaban J connectivity index is 1.69. The number of hydrogen-bond donors (Lipinski definition) is 2. The van der Waals surface area contributed by atoms with Crippen molar-refractivity contribution in [3.05, 3.63) is 65.1 Å². The summed E-state index contributed by atoms with van der Waals surface area (Å²) in [4.78, 5) is 33.2. The molecule has 7 heteroatoms. The fourth-order valence-electron chi connectivity index (χ4n) is 3.70. The first-order valence-electron chi connectivity index (χ1n) is 9.37. The Morgan fingerprint density at radius 2 is 1.97 bits per heavy atom. The molecule has 29 heavy (non-hydrogen) atoms. The molecule has 1 amide bonds. The van der Waals surface area contributed by atoms with E-state index in [1.165, 1.54) is 0 Å². The van der Waals surface area contributed by atoms with Gasteiger partial charge in [-0.25, -0.2) is 4.98 Å². The maximum atomic E-state index is 13.1. The predicted octanol–water partition coefficient (Wildman–Crippen LogP) is 4.44. The number of pyridine rings is 1. The molecule has 0 saturated carbocycles. The van der Waals surface area contributed by atoms with Gasteiger partial charge in [-0.05, 0) is 36.8 Å². The van der Waals surface area contributed by atoms with Crippen LogP contribution in [0.5, 0.6) is 0 Å². The average molecular weight is 405 g/mol. The van der Waals surface area contributed by atoms with Crippen molar-refractivity contribution in [3.8, 4) is 0 Å². The van der Waals surface area contributed by atoms with Crippen LogP contribution < -0.4 is 10.9 Å². The minimum absolute atomic E-state index is 0.126. The molecule has 5 aromatic rings. The molecule has 6 nitrogen and oxygen atoms in total. The summed E-state index contributed by atoms with van der Waals surface area (Å²) in [7, 11) is 0. The number of amides is 1. The van der Waals surface area contributed by atoms with Gasteiger partial charge in [0, 0.05) is 40.5 Å². The molecule has 0 aliphatic carbocycles. The van der Waals surface area contributed by atoms with Crippen LogP contribution in [-0.2, 0) is 4.79 Å². The van der Waals surface area contributed by atoms with Crippen molar-refractivity contribution >= 4 is 61.6 Å². The second-order valence-electron chi connectivity index (χ2n) is 6.96. The number of fused-ring (bicyclic) bond motifs is 6. The number of aromatic amines is 1. The molecule has 3 heterocycles. The van der Waals surface area contributed by atoms with Gasteiger partial charge in [0.25, 0.3) is 5.56 Å². The van der Waals surface area contributed by atoms with Crippen LogP contribution >= 0.6 is 11.6 Å². The van der Waals surface area contributed by atoms with Gasteiger partial charge in [0.15, 0.2) is 5.65 Å². The van der Waals surface area contributed by atoms with Crippen molar-refractivity contribution in [1.82, 2.24) is 14.4 Å². The average Bonchev–Trinajstić information content (AvgIpc) is 3.12. The molecular formula is C22H17ClN4O2. The molecule has 3 aromatic heterocycles. The highest BCUT2D eigenvalue weighted by Gasteiger charge is 2.13. The SMILES string of the molecule is O=C(CCCCl)Nc1ccc2nc3c4[nH]c5ccccc5c4ccn3c(=O)c2c1. The van der Waals surface area contributed by atoms with E-state index in [4.69, 9.17) is 16.6 Å². The van der Waals surface area contributed by atoms with E-state index in [1.54, 1.807) is 28.8 Å². The van der Waals surface area contributed by atoms with Gasteiger partial charge in [-0.2, -0.15) is 0 Å². The van der Waals surface area contributed by atoms with E-state index < -0.39 is 0 Å². The van der Waals surface area contributed by atoms with Gasteiger partial charge in [0.2, 0.25) is 5.91 Å². The second-order valence-corrected chi connectivity index (χ2v) is 7.34. The Hall–Kier alpha value is -3.38. The summed E-state index contributed by atoms with van der Waals surface area (Å²) in [5, 5.41) is 5.38. The molecule has 0 spiro atoms. The quantitative estimate of drug-likeness (QED) is 0.343. The zero-order valence-electron chi connectivity index (χ0n) is 15.4. The smallest absolute Gasteiger partial charge is 0.265 e. The first-order valence-corrected chi connectivity index (χ1v) is 9.90. The number of alkyl halides is 1. The first kappa shape index (κ1) is 17.7. The van der Waals surface area contributed by atoms with Crippen molar-refractivity contribution in [2.75, 3.05) is 11.2 Å². The predicted molar refractivity (Wildman–Crippen MR) is 117 cm³/mol. The van der Waals surface area contributed by atoms with Crippen LogP contribution in [0.4, 0.5) is 5.69 Å². The molecule has 144 valence electrons. The number of rotatable bonds is 4. The summed E-state index contributed by atoms with van der Waals surface area (Å²) >= 11 is 5.64. The lowest BCUT2D eigenvalue weighted by Gasteiger charge is -2.08. The fraction of sp³-hybridized carbons (Fsp3) is 0.136. The van der Waals surface area contributed by atoms with Crippen LogP contribution in [0.25, 0.3) is 38.4 Å². The summed E-state index contributed by atoms with van der Waals surface area (Å²) < 4.78 is 1.54. The minimum Gasteiger partial charge on any atom is -0.351 e.